The summed E-state index contributed by atoms with van der Waals surface area (Å²) in [5.41, 5.74) is 2.37. The van der Waals surface area contributed by atoms with Gasteiger partial charge in [-0.05, 0) is 44.0 Å². The van der Waals surface area contributed by atoms with Crippen LogP contribution in [0.4, 0.5) is 0 Å². The molecule has 3 rings (SSSR count). The van der Waals surface area contributed by atoms with E-state index in [1.54, 1.807) is 7.11 Å². The van der Waals surface area contributed by atoms with Crippen molar-refractivity contribution in [3.8, 4) is 5.75 Å². The molecule has 1 saturated heterocycles. The van der Waals surface area contributed by atoms with E-state index in [0.29, 0.717) is 6.04 Å². The normalized spacial score (nSPS) is 19.4. The van der Waals surface area contributed by atoms with Crippen LogP contribution >= 0.6 is 0 Å². The number of nitrogens with zero attached hydrogens (tertiary/aromatic N) is 2. The van der Waals surface area contributed by atoms with Crippen LogP contribution in [0.3, 0.4) is 0 Å². The number of hydrogen-bond donors (Lipinski definition) is 0. The predicted molar refractivity (Wildman–Crippen MR) is 76.6 cm³/mol. The molecule has 1 aliphatic heterocycles. The molecule has 1 aromatic carbocycles. The Labute approximate surface area is 119 Å². The van der Waals surface area contributed by atoms with Crippen LogP contribution in [0.25, 0.3) is 0 Å². The Bertz CT molecular complexity index is 562. The highest BCUT2D eigenvalue weighted by Gasteiger charge is 2.28. The zero-order valence-electron chi connectivity index (χ0n) is 12.0. The van der Waals surface area contributed by atoms with Crippen LogP contribution in [0.2, 0.25) is 0 Å². The third-order valence-electron chi connectivity index (χ3n) is 3.90. The summed E-state index contributed by atoms with van der Waals surface area (Å²) in [5.74, 6) is 1.79. The monoisotopic (exact) mass is 272 g/mol. The van der Waals surface area contributed by atoms with Crippen molar-refractivity contribution in [2.75, 3.05) is 13.7 Å². The molecule has 1 fully saturated rings. The maximum atomic E-state index is 5.21. The van der Waals surface area contributed by atoms with Gasteiger partial charge >= 0.3 is 0 Å². The van der Waals surface area contributed by atoms with Gasteiger partial charge in [0.2, 0.25) is 0 Å². The fraction of sp³-hybridized carbons (Fsp3) is 0.438. The fourth-order valence-electron chi connectivity index (χ4n) is 2.86. The highest BCUT2D eigenvalue weighted by Crippen LogP contribution is 2.32. The zero-order chi connectivity index (χ0) is 13.9. The summed E-state index contributed by atoms with van der Waals surface area (Å²) in [4.78, 5) is 2.47. The quantitative estimate of drug-likeness (QED) is 0.855. The van der Waals surface area contributed by atoms with E-state index in [-0.39, 0.29) is 0 Å². The van der Waals surface area contributed by atoms with Crippen molar-refractivity contribution < 1.29 is 9.26 Å². The third-order valence-corrected chi connectivity index (χ3v) is 3.90. The molecule has 0 radical (unpaired) electrons. The number of ether oxygens (including phenoxy) is 1. The largest absolute Gasteiger partial charge is 0.497 e. The molecule has 0 saturated carbocycles. The molecule has 1 aromatic heterocycles. The van der Waals surface area contributed by atoms with Gasteiger partial charge in [0.05, 0.1) is 13.2 Å². The molecule has 4 nitrogen and oxygen atoms in total. The van der Waals surface area contributed by atoms with Gasteiger partial charge in [-0.1, -0.05) is 17.3 Å². The van der Waals surface area contributed by atoms with Gasteiger partial charge in [0.25, 0.3) is 0 Å². The van der Waals surface area contributed by atoms with Crippen LogP contribution in [0.5, 0.6) is 5.75 Å². The molecule has 1 unspecified atom stereocenters. The van der Waals surface area contributed by atoms with Gasteiger partial charge in [-0.25, -0.2) is 0 Å². The Kier molecular flexibility index (Phi) is 3.74. The summed E-state index contributed by atoms with van der Waals surface area (Å²) in [6, 6.07) is 10.7. The van der Waals surface area contributed by atoms with Crippen molar-refractivity contribution in [1.29, 1.82) is 0 Å². The average molecular weight is 272 g/mol. The minimum Gasteiger partial charge on any atom is -0.497 e. The number of benzene rings is 1. The molecule has 0 bridgehead atoms. The Morgan fingerprint density at radius 2 is 2.15 bits per heavy atom. The van der Waals surface area contributed by atoms with Gasteiger partial charge in [-0.2, -0.15) is 0 Å². The zero-order valence-corrected chi connectivity index (χ0v) is 12.0. The molecule has 1 atom stereocenters. The van der Waals surface area contributed by atoms with E-state index in [1.165, 1.54) is 12.0 Å². The Morgan fingerprint density at radius 3 is 2.80 bits per heavy atom. The molecule has 2 aromatic rings. The van der Waals surface area contributed by atoms with Gasteiger partial charge in [-0.3, -0.25) is 4.90 Å². The number of hydrogen-bond acceptors (Lipinski definition) is 4. The highest BCUT2D eigenvalue weighted by atomic mass is 16.5. The van der Waals surface area contributed by atoms with E-state index >= 15 is 0 Å². The standard InChI is InChI=1S/C16H20N2O2/c1-12-10-15(17-20-12)16-4-3-9-18(16)11-13-5-7-14(19-2)8-6-13/h5-8,10,16H,3-4,9,11H2,1-2H3. The van der Waals surface area contributed by atoms with Crippen LogP contribution in [0.15, 0.2) is 34.9 Å². The van der Waals surface area contributed by atoms with Crippen LogP contribution in [-0.2, 0) is 6.54 Å². The summed E-state index contributed by atoms with van der Waals surface area (Å²) in [6.45, 7) is 4.00. The molecule has 1 aliphatic rings. The first-order valence-corrected chi connectivity index (χ1v) is 7.06. The van der Waals surface area contributed by atoms with Crippen molar-refractivity contribution >= 4 is 0 Å². The van der Waals surface area contributed by atoms with E-state index in [2.05, 4.69) is 28.3 Å². The van der Waals surface area contributed by atoms with Crippen molar-refractivity contribution in [3.05, 3.63) is 47.3 Å². The summed E-state index contributed by atoms with van der Waals surface area (Å²) in [5, 5.41) is 4.18. The molecule has 106 valence electrons. The molecule has 2 heterocycles. The topological polar surface area (TPSA) is 38.5 Å². The second-order valence-electron chi connectivity index (χ2n) is 5.34. The lowest BCUT2D eigenvalue weighted by molar-refractivity contribution is 0.236. The minimum atomic E-state index is 0.384. The number of likely N-dealkylation sites (tertiary alicyclic amines) is 1. The Hall–Kier alpha value is -1.81. The summed E-state index contributed by atoms with van der Waals surface area (Å²) >= 11 is 0. The average Bonchev–Trinajstić information content (AvgIpc) is 3.08. The lowest BCUT2D eigenvalue weighted by Gasteiger charge is -2.22. The number of methoxy groups -OCH3 is 1. The first-order chi connectivity index (χ1) is 9.76. The molecule has 0 amide bonds. The van der Waals surface area contributed by atoms with Crippen molar-refractivity contribution in [2.45, 2.75) is 32.4 Å². The smallest absolute Gasteiger partial charge is 0.133 e. The maximum Gasteiger partial charge on any atom is 0.133 e. The van der Waals surface area contributed by atoms with E-state index in [1.807, 2.05) is 19.1 Å². The van der Waals surface area contributed by atoms with Gasteiger partial charge < -0.3 is 9.26 Å². The third kappa shape index (κ3) is 2.70. The first kappa shape index (κ1) is 13.2. The van der Waals surface area contributed by atoms with Crippen molar-refractivity contribution in [2.24, 2.45) is 0 Å². The first-order valence-electron chi connectivity index (χ1n) is 7.06. The van der Waals surface area contributed by atoms with Gasteiger partial charge in [0.15, 0.2) is 0 Å². The SMILES string of the molecule is COc1ccc(CN2CCCC2c2cc(C)on2)cc1. The molecule has 0 spiro atoms. The minimum absolute atomic E-state index is 0.384. The molecule has 0 aliphatic carbocycles. The van der Waals surface area contributed by atoms with E-state index in [0.717, 1.165) is 36.7 Å². The number of aryl methyl sites for hydroxylation is 1. The molecule has 4 heteroatoms. The van der Waals surface area contributed by atoms with Crippen molar-refractivity contribution in [1.82, 2.24) is 10.1 Å². The molecular formula is C16H20N2O2. The summed E-state index contributed by atoms with van der Waals surface area (Å²) in [6.07, 6.45) is 2.37. The van der Waals surface area contributed by atoms with Gasteiger partial charge in [0, 0.05) is 12.6 Å². The van der Waals surface area contributed by atoms with E-state index in [4.69, 9.17) is 9.26 Å². The lowest BCUT2D eigenvalue weighted by atomic mass is 10.1. The lowest BCUT2D eigenvalue weighted by Crippen LogP contribution is -2.22. The van der Waals surface area contributed by atoms with Gasteiger partial charge in [0.1, 0.15) is 17.2 Å². The predicted octanol–water partition coefficient (Wildman–Crippen LogP) is 3.33. The second-order valence-corrected chi connectivity index (χ2v) is 5.34. The number of aromatic nitrogens is 1. The van der Waals surface area contributed by atoms with Gasteiger partial charge in [-0.15, -0.1) is 0 Å². The molecule has 0 N–H and O–H groups in total. The van der Waals surface area contributed by atoms with Crippen LogP contribution in [0.1, 0.15) is 35.9 Å². The molecule has 20 heavy (non-hydrogen) atoms. The Balaban J connectivity index is 1.72. The highest BCUT2D eigenvalue weighted by molar-refractivity contribution is 5.27. The maximum absolute atomic E-state index is 5.21. The van der Waals surface area contributed by atoms with Crippen molar-refractivity contribution in [3.63, 3.8) is 0 Å². The number of rotatable bonds is 4. The Morgan fingerprint density at radius 1 is 1.35 bits per heavy atom. The summed E-state index contributed by atoms with van der Waals surface area (Å²) in [7, 11) is 1.69. The van der Waals surface area contributed by atoms with E-state index < -0.39 is 0 Å². The fourth-order valence-corrected chi connectivity index (χ4v) is 2.86. The molecular weight excluding hydrogens is 252 g/mol. The van der Waals surface area contributed by atoms with Crippen LogP contribution in [-0.4, -0.2) is 23.7 Å². The van der Waals surface area contributed by atoms with Crippen LogP contribution in [0, 0.1) is 6.92 Å². The van der Waals surface area contributed by atoms with Crippen LogP contribution < -0.4 is 4.74 Å². The second kappa shape index (κ2) is 5.67. The summed E-state index contributed by atoms with van der Waals surface area (Å²) < 4.78 is 10.4. The van der Waals surface area contributed by atoms with E-state index in [9.17, 15) is 0 Å².